The van der Waals surface area contributed by atoms with Crippen molar-refractivity contribution < 1.29 is 110 Å². The van der Waals surface area contributed by atoms with E-state index in [1.54, 1.807) is 12.1 Å². The molecule has 2 aromatic rings. The number of hydrogen-bond donors (Lipinski definition) is 1. The third-order valence-corrected chi connectivity index (χ3v) is 6.19. The number of phosphoric acid groups is 1. The number of ether oxygens (including phenoxy) is 4. The zero-order valence-corrected chi connectivity index (χ0v) is 27.0. The Morgan fingerprint density at radius 3 is 2.00 bits per heavy atom. The van der Waals surface area contributed by atoms with Crippen LogP contribution in [0.25, 0.3) is 6.08 Å². The van der Waals surface area contributed by atoms with Gasteiger partial charge in [-0.3, -0.25) is 4.79 Å². The van der Waals surface area contributed by atoms with E-state index in [1.165, 1.54) is 52.7 Å². The van der Waals surface area contributed by atoms with E-state index in [9.17, 15) is 27.6 Å². The second-order valence-corrected chi connectivity index (χ2v) is 9.90. The van der Waals surface area contributed by atoms with Gasteiger partial charge in [-0.25, -0.2) is 8.42 Å². The number of methoxy groups -OCH3 is 4. The normalized spacial score (nSPS) is 11.2. The molecule has 0 aliphatic carbocycles. The predicted molar refractivity (Wildman–Crippen MR) is 123 cm³/mol. The molecular weight excluding hydrogens is 551 g/mol. The van der Waals surface area contributed by atoms with E-state index in [4.69, 9.17) is 18.9 Å². The molecule has 1 N–H and O–H groups in total. The summed E-state index contributed by atoms with van der Waals surface area (Å²) in [5, 5.41) is 3.31. The Kier molecular flexibility index (Phi) is 15.6. The van der Waals surface area contributed by atoms with E-state index in [0.717, 1.165) is 5.41 Å². The average Bonchev–Trinajstić information content (AvgIpc) is 2.80. The van der Waals surface area contributed by atoms with Crippen LogP contribution in [0.5, 0.6) is 23.0 Å². The molecule has 2 rings (SSSR count). The number of nitrogens with one attached hydrogen (secondary N) is 1. The molecule has 37 heavy (non-hydrogen) atoms. The van der Waals surface area contributed by atoms with Crippen LogP contribution in [-0.4, -0.2) is 49.4 Å². The molecule has 0 saturated heterocycles. The largest absolute Gasteiger partial charge is 1.00 e. The summed E-state index contributed by atoms with van der Waals surface area (Å²) in [5.74, 6) is -0.0754. The average molecular weight is 575 g/mol. The number of rotatable bonds is 12. The quantitative estimate of drug-likeness (QED) is 0.190. The molecule has 0 aliphatic rings. The fourth-order valence-corrected chi connectivity index (χ4v) is 4.27. The zero-order valence-electron chi connectivity index (χ0n) is 21.3. The Morgan fingerprint density at radius 2 is 1.51 bits per heavy atom. The van der Waals surface area contributed by atoms with Crippen molar-refractivity contribution in [3.8, 4) is 23.0 Å². The first-order chi connectivity index (χ1) is 16.4. The van der Waals surface area contributed by atoms with Crippen molar-refractivity contribution in [2.45, 2.75) is 5.75 Å². The maximum Gasteiger partial charge on any atom is 1.00 e. The number of carbonyl (C=O) groups is 1. The number of hydrogen-bond acceptors (Lipinski definition) is 11. The molecule has 0 heterocycles. The van der Waals surface area contributed by atoms with E-state index < -0.39 is 35.9 Å². The van der Waals surface area contributed by atoms with Gasteiger partial charge in [-0.05, 0) is 23.8 Å². The van der Waals surface area contributed by atoms with Crippen molar-refractivity contribution in [1.82, 2.24) is 0 Å². The first-order valence-electron chi connectivity index (χ1n) is 9.75. The Hall–Kier alpha value is -1.09. The second kappa shape index (κ2) is 16.1. The molecule has 0 saturated carbocycles. The van der Waals surface area contributed by atoms with E-state index >= 15 is 0 Å². The smallest absolute Gasteiger partial charge is 0.790 e. The summed E-state index contributed by atoms with van der Waals surface area (Å²) in [6.45, 7) is -1.04. The number of anilines is 1. The summed E-state index contributed by atoms with van der Waals surface area (Å²) in [6.07, 6.45) is 1.33. The van der Waals surface area contributed by atoms with Gasteiger partial charge in [-0.2, -0.15) is 0 Å². The molecule has 0 aromatic heterocycles. The molecule has 0 radical (unpaired) electrons. The van der Waals surface area contributed by atoms with Crippen LogP contribution in [0.4, 0.5) is 5.69 Å². The molecule has 1 amide bonds. The van der Waals surface area contributed by atoms with Gasteiger partial charge in [0.1, 0.15) is 29.6 Å². The van der Waals surface area contributed by atoms with Gasteiger partial charge in [0.2, 0.25) is 0 Å². The standard InChI is InChI=1S/C21H26NO11PS.2Na/c1-29-15-10-19(31-3)16(20(11-15)32-4)7-8-35(27,28)13-14-5-6-18(30-2)17(9-14)22-21(23)12-33-34(24,25)26;;/h5-11H,12-13H2,1-4H3,(H,22,23)(H2,24,25,26);;/q;2*+1/p-2/b8-7+;;. The minimum absolute atomic E-state index is 0. The van der Waals surface area contributed by atoms with Crippen molar-refractivity contribution in [1.29, 1.82) is 0 Å². The van der Waals surface area contributed by atoms with Gasteiger partial charge in [0.25, 0.3) is 5.91 Å². The Bertz CT molecular complexity index is 1220. The molecule has 192 valence electrons. The SMILES string of the molecule is COc1cc(OC)c(/C=C/S(=O)(=O)Cc2ccc(OC)c(NC(=O)COP(=O)([O-])[O-])c2)c(OC)c1.[Na+].[Na+]. The van der Waals surface area contributed by atoms with Crippen LogP contribution in [0.15, 0.2) is 35.7 Å². The van der Waals surface area contributed by atoms with Crippen LogP contribution in [0, 0.1) is 0 Å². The molecule has 0 spiro atoms. The van der Waals surface area contributed by atoms with Crippen LogP contribution in [0.1, 0.15) is 11.1 Å². The van der Waals surface area contributed by atoms with Crippen LogP contribution in [-0.2, 0) is 29.5 Å². The second-order valence-electron chi connectivity index (χ2n) is 6.86. The summed E-state index contributed by atoms with van der Waals surface area (Å²) in [6, 6.07) is 7.40. The summed E-state index contributed by atoms with van der Waals surface area (Å²) in [7, 11) is -3.51. The summed E-state index contributed by atoms with van der Waals surface area (Å²) in [5.41, 5.74) is 0.734. The van der Waals surface area contributed by atoms with Gasteiger partial charge in [0.15, 0.2) is 9.84 Å². The number of carbonyl (C=O) groups excluding carboxylic acids is 1. The molecule has 0 atom stereocenters. The summed E-state index contributed by atoms with van der Waals surface area (Å²) >= 11 is 0. The number of phosphoric ester groups is 1. The molecule has 0 unspecified atom stereocenters. The van der Waals surface area contributed by atoms with Gasteiger partial charge in [0, 0.05) is 17.5 Å². The number of sulfone groups is 1. The third-order valence-electron chi connectivity index (χ3n) is 4.45. The van der Waals surface area contributed by atoms with Crippen LogP contribution < -0.4 is 93.2 Å². The minimum Gasteiger partial charge on any atom is -0.790 e. The molecular formula is C21H24NNa2O11PS. The van der Waals surface area contributed by atoms with Crippen molar-refractivity contribution >= 4 is 35.3 Å². The van der Waals surface area contributed by atoms with Crippen molar-refractivity contribution in [3.05, 3.63) is 46.9 Å². The molecule has 0 bridgehead atoms. The first-order valence-corrected chi connectivity index (χ1v) is 12.9. The Balaban J connectivity index is 0.00000648. The summed E-state index contributed by atoms with van der Waals surface area (Å²) in [4.78, 5) is 33.0. The molecule has 16 heteroatoms. The van der Waals surface area contributed by atoms with Crippen molar-refractivity contribution in [2.75, 3.05) is 40.4 Å². The maximum atomic E-state index is 12.8. The van der Waals surface area contributed by atoms with E-state index in [2.05, 4.69) is 9.84 Å². The van der Waals surface area contributed by atoms with Crippen LogP contribution in [0.3, 0.4) is 0 Å². The van der Waals surface area contributed by atoms with Gasteiger partial charge < -0.3 is 43.1 Å². The molecule has 2 aromatic carbocycles. The maximum absolute atomic E-state index is 12.8. The predicted octanol–water partition coefficient (Wildman–Crippen LogP) is -4.90. The van der Waals surface area contributed by atoms with Crippen LogP contribution >= 0.6 is 7.82 Å². The fourth-order valence-electron chi connectivity index (χ4n) is 2.92. The zero-order chi connectivity index (χ0) is 26.2. The van der Waals surface area contributed by atoms with Gasteiger partial charge in [0.05, 0.1) is 53.3 Å². The monoisotopic (exact) mass is 575 g/mol. The molecule has 0 aliphatic heterocycles. The molecule has 0 fully saturated rings. The molecule has 12 nitrogen and oxygen atoms in total. The van der Waals surface area contributed by atoms with Gasteiger partial charge in [-0.15, -0.1) is 0 Å². The first kappa shape index (κ1) is 35.9. The Labute approximate surface area is 259 Å². The van der Waals surface area contributed by atoms with Crippen molar-refractivity contribution in [2.24, 2.45) is 0 Å². The Morgan fingerprint density at radius 1 is 0.946 bits per heavy atom. The van der Waals surface area contributed by atoms with E-state index in [1.807, 2.05) is 0 Å². The third kappa shape index (κ3) is 11.7. The summed E-state index contributed by atoms with van der Waals surface area (Å²) < 4.78 is 60.9. The van der Waals surface area contributed by atoms with E-state index in [-0.39, 0.29) is 70.6 Å². The van der Waals surface area contributed by atoms with E-state index in [0.29, 0.717) is 28.4 Å². The fraction of sp³-hybridized carbons (Fsp3) is 0.286. The van der Waals surface area contributed by atoms with Crippen molar-refractivity contribution in [3.63, 3.8) is 0 Å². The topological polar surface area (TPSA) is 173 Å². The van der Waals surface area contributed by atoms with Gasteiger partial charge >= 0.3 is 59.1 Å². The van der Waals surface area contributed by atoms with Gasteiger partial charge in [-0.1, -0.05) is 6.07 Å². The number of amides is 1. The number of benzene rings is 2. The minimum atomic E-state index is -5.33. The van der Waals surface area contributed by atoms with Crippen LogP contribution in [0.2, 0.25) is 0 Å².